The van der Waals surface area contributed by atoms with Gasteiger partial charge in [0.1, 0.15) is 11.9 Å². The van der Waals surface area contributed by atoms with Crippen LogP contribution >= 0.6 is 33.9 Å². The minimum atomic E-state index is -0.875. The molecule has 2 rings (SSSR count). The lowest BCUT2D eigenvalue weighted by Gasteiger charge is -2.11. The molecular formula is C12H10FIOS. The third kappa shape index (κ3) is 2.44. The van der Waals surface area contributed by atoms with Gasteiger partial charge in [-0.15, -0.1) is 11.3 Å². The van der Waals surface area contributed by atoms with Crippen molar-refractivity contribution in [2.24, 2.45) is 0 Å². The topological polar surface area (TPSA) is 20.2 Å². The number of benzene rings is 1. The van der Waals surface area contributed by atoms with E-state index in [4.69, 9.17) is 0 Å². The molecule has 0 aliphatic carbocycles. The summed E-state index contributed by atoms with van der Waals surface area (Å²) in [7, 11) is 0. The van der Waals surface area contributed by atoms with Crippen LogP contribution in [0.2, 0.25) is 0 Å². The average Bonchev–Trinajstić information content (AvgIpc) is 2.67. The number of aliphatic hydroxyl groups excluding tert-OH is 1. The van der Waals surface area contributed by atoms with E-state index in [0.717, 1.165) is 14.0 Å². The highest BCUT2D eigenvalue weighted by atomic mass is 127. The molecule has 0 saturated carbocycles. The third-order valence-corrected chi connectivity index (χ3v) is 4.16. The second-order valence-corrected chi connectivity index (χ2v) is 6.42. The molecular weight excluding hydrogens is 338 g/mol. The molecule has 16 heavy (non-hydrogen) atoms. The lowest BCUT2D eigenvalue weighted by atomic mass is 10.0. The van der Waals surface area contributed by atoms with Crippen LogP contribution in [0.5, 0.6) is 0 Å². The van der Waals surface area contributed by atoms with Crippen molar-refractivity contribution in [2.45, 2.75) is 13.0 Å². The highest BCUT2D eigenvalue weighted by molar-refractivity contribution is 14.1. The molecule has 0 bridgehead atoms. The van der Waals surface area contributed by atoms with E-state index in [0.29, 0.717) is 5.56 Å². The molecule has 1 aromatic heterocycles. The third-order valence-electron chi connectivity index (χ3n) is 2.35. The van der Waals surface area contributed by atoms with Gasteiger partial charge in [0.05, 0.1) is 2.88 Å². The molecule has 0 saturated heterocycles. The van der Waals surface area contributed by atoms with E-state index in [1.54, 1.807) is 23.5 Å². The Morgan fingerprint density at radius 3 is 2.75 bits per heavy atom. The van der Waals surface area contributed by atoms with Gasteiger partial charge >= 0.3 is 0 Å². The lowest BCUT2D eigenvalue weighted by molar-refractivity contribution is 0.215. The summed E-state index contributed by atoms with van der Waals surface area (Å²) in [5.74, 6) is -0.362. The fourth-order valence-corrected chi connectivity index (χ4v) is 2.91. The fraction of sp³-hybridized carbons (Fsp3) is 0.167. The van der Waals surface area contributed by atoms with Crippen LogP contribution in [0, 0.1) is 15.6 Å². The van der Waals surface area contributed by atoms with Gasteiger partial charge in [-0.05, 0) is 52.6 Å². The van der Waals surface area contributed by atoms with Gasteiger partial charge in [-0.25, -0.2) is 4.39 Å². The van der Waals surface area contributed by atoms with Gasteiger partial charge in [0, 0.05) is 5.56 Å². The summed E-state index contributed by atoms with van der Waals surface area (Å²) in [6, 6.07) is 6.65. The van der Waals surface area contributed by atoms with Crippen molar-refractivity contribution in [3.63, 3.8) is 0 Å². The monoisotopic (exact) mass is 348 g/mol. The lowest BCUT2D eigenvalue weighted by Crippen LogP contribution is -2.01. The zero-order chi connectivity index (χ0) is 11.7. The normalized spacial score (nSPS) is 12.8. The Bertz CT molecular complexity index is 509. The van der Waals surface area contributed by atoms with Gasteiger partial charge in [-0.2, -0.15) is 0 Å². The van der Waals surface area contributed by atoms with Crippen molar-refractivity contribution >= 4 is 33.9 Å². The molecule has 0 radical (unpaired) electrons. The molecule has 0 spiro atoms. The number of halogens is 2. The molecule has 1 N–H and O–H groups in total. The quantitative estimate of drug-likeness (QED) is 0.817. The van der Waals surface area contributed by atoms with E-state index < -0.39 is 6.10 Å². The highest BCUT2D eigenvalue weighted by Crippen LogP contribution is 2.29. The summed E-state index contributed by atoms with van der Waals surface area (Å²) in [6.07, 6.45) is -0.875. The molecule has 1 aromatic carbocycles. The van der Waals surface area contributed by atoms with Gasteiger partial charge in [-0.3, -0.25) is 0 Å². The first kappa shape index (κ1) is 12.0. The molecule has 84 valence electrons. The van der Waals surface area contributed by atoms with Crippen LogP contribution in [0.4, 0.5) is 4.39 Å². The first-order valence-corrected chi connectivity index (χ1v) is 6.72. The molecule has 0 aliphatic rings. The van der Waals surface area contributed by atoms with Crippen molar-refractivity contribution < 1.29 is 9.50 Å². The van der Waals surface area contributed by atoms with Crippen molar-refractivity contribution in [3.05, 3.63) is 55.0 Å². The van der Waals surface area contributed by atoms with Crippen molar-refractivity contribution in [1.82, 2.24) is 0 Å². The molecule has 0 amide bonds. The first-order valence-electron chi connectivity index (χ1n) is 4.76. The SMILES string of the molecule is Cc1ccc(F)c(C(O)c2csc(I)c2)c1. The van der Waals surface area contributed by atoms with Crippen LogP contribution in [0.15, 0.2) is 29.6 Å². The number of rotatable bonds is 2. The van der Waals surface area contributed by atoms with Crippen LogP contribution in [0.25, 0.3) is 0 Å². The van der Waals surface area contributed by atoms with E-state index in [-0.39, 0.29) is 5.82 Å². The maximum Gasteiger partial charge on any atom is 0.129 e. The van der Waals surface area contributed by atoms with E-state index >= 15 is 0 Å². The Labute approximate surface area is 111 Å². The summed E-state index contributed by atoms with van der Waals surface area (Å²) in [5.41, 5.74) is 2.04. The average molecular weight is 348 g/mol. The number of aryl methyl sites for hydroxylation is 1. The van der Waals surface area contributed by atoms with Crippen LogP contribution < -0.4 is 0 Å². The van der Waals surface area contributed by atoms with Gasteiger partial charge in [-0.1, -0.05) is 17.7 Å². The van der Waals surface area contributed by atoms with Crippen molar-refractivity contribution in [1.29, 1.82) is 0 Å². The maximum atomic E-state index is 13.6. The summed E-state index contributed by atoms with van der Waals surface area (Å²) in [5, 5.41) is 11.9. The number of hydrogen-bond acceptors (Lipinski definition) is 2. The molecule has 1 atom stereocenters. The van der Waals surface area contributed by atoms with Gasteiger partial charge in [0.15, 0.2) is 0 Å². The summed E-state index contributed by atoms with van der Waals surface area (Å²) < 4.78 is 14.6. The van der Waals surface area contributed by atoms with Gasteiger partial charge in [0.25, 0.3) is 0 Å². The maximum absolute atomic E-state index is 13.6. The second-order valence-electron chi connectivity index (χ2n) is 3.61. The molecule has 0 fully saturated rings. The van der Waals surface area contributed by atoms with Crippen LogP contribution in [0.3, 0.4) is 0 Å². The Balaban J connectivity index is 2.40. The van der Waals surface area contributed by atoms with Crippen LogP contribution in [-0.2, 0) is 0 Å². The fourth-order valence-electron chi connectivity index (χ4n) is 1.52. The molecule has 1 heterocycles. The molecule has 1 nitrogen and oxygen atoms in total. The van der Waals surface area contributed by atoms with Gasteiger partial charge < -0.3 is 5.11 Å². The summed E-state index contributed by atoms with van der Waals surface area (Å²) in [4.78, 5) is 0. The number of hydrogen-bond donors (Lipinski definition) is 1. The Morgan fingerprint density at radius 2 is 2.12 bits per heavy atom. The second kappa shape index (κ2) is 4.81. The van der Waals surface area contributed by atoms with Gasteiger partial charge in [0.2, 0.25) is 0 Å². The van der Waals surface area contributed by atoms with E-state index in [1.807, 2.05) is 18.4 Å². The molecule has 0 aliphatic heterocycles. The zero-order valence-electron chi connectivity index (χ0n) is 8.58. The van der Waals surface area contributed by atoms with Crippen LogP contribution in [0.1, 0.15) is 22.8 Å². The first-order chi connectivity index (χ1) is 7.58. The Morgan fingerprint density at radius 1 is 1.38 bits per heavy atom. The highest BCUT2D eigenvalue weighted by Gasteiger charge is 2.16. The predicted octanol–water partition coefficient (Wildman–Crippen LogP) is 3.88. The van der Waals surface area contributed by atoms with Crippen molar-refractivity contribution in [3.8, 4) is 0 Å². The minimum Gasteiger partial charge on any atom is -0.384 e. The Hall–Kier alpha value is -0.460. The molecule has 2 aromatic rings. The van der Waals surface area contributed by atoms with Crippen molar-refractivity contribution in [2.75, 3.05) is 0 Å². The molecule has 1 unspecified atom stereocenters. The number of thiophene rings is 1. The predicted molar refractivity (Wildman–Crippen MR) is 72.2 cm³/mol. The number of aliphatic hydroxyl groups is 1. The van der Waals surface area contributed by atoms with E-state index in [1.165, 1.54) is 6.07 Å². The van der Waals surface area contributed by atoms with Crippen LogP contribution in [-0.4, -0.2) is 5.11 Å². The standard InChI is InChI=1S/C12H10FIOS/c1-7-2-3-10(13)9(4-7)12(15)8-5-11(14)16-6-8/h2-6,12,15H,1H3. The van der Waals surface area contributed by atoms with E-state index in [9.17, 15) is 9.50 Å². The smallest absolute Gasteiger partial charge is 0.129 e. The molecule has 4 heteroatoms. The van der Waals surface area contributed by atoms with E-state index in [2.05, 4.69) is 22.6 Å². The minimum absolute atomic E-state index is 0.342. The Kier molecular flexibility index (Phi) is 3.61. The zero-order valence-corrected chi connectivity index (χ0v) is 11.5. The summed E-state index contributed by atoms with van der Waals surface area (Å²) in [6.45, 7) is 1.88. The largest absolute Gasteiger partial charge is 0.384 e. The summed E-state index contributed by atoms with van der Waals surface area (Å²) >= 11 is 3.72.